The second-order valence-corrected chi connectivity index (χ2v) is 5.36. The monoisotopic (exact) mass is 308 g/mol. The summed E-state index contributed by atoms with van der Waals surface area (Å²) in [7, 11) is 1.91. The average Bonchev–Trinajstić information content (AvgIpc) is 2.38. The molecule has 5 heteroatoms. The Hall–Kier alpha value is -1.65. The van der Waals surface area contributed by atoms with Gasteiger partial charge in [0.25, 0.3) is 0 Å². The van der Waals surface area contributed by atoms with Crippen LogP contribution in [0.5, 0.6) is 0 Å². The van der Waals surface area contributed by atoms with Crippen LogP contribution in [0.25, 0.3) is 0 Å². The highest BCUT2D eigenvalue weighted by atomic mass is 35.5. The van der Waals surface area contributed by atoms with Gasteiger partial charge in [0.2, 0.25) is 0 Å². The molecule has 0 aliphatic heterocycles. The Morgan fingerprint density at radius 2 is 2.05 bits per heavy atom. The van der Waals surface area contributed by atoms with Gasteiger partial charge in [0.15, 0.2) is 0 Å². The zero-order chi connectivity index (χ0) is 14.7. The van der Waals surface area contributed by atoms with Crippen LogP contribution >= 0.6 is 23.8 Å². The first-order valence-electron chi connectivity index (χ1n) is 6.02. The molecule has 0 aliphatic carbocycles. The van der Waals surface area contributed by atoms with Crippen molar-refractivity contribution in [1.29, 1.82) is 0 Å². The standard InChI is InChI=1S/C15H14ClFN2S/c1-19(9-10-3-2-4-11(17)7-10)12-5-6-13(15(18)20)14(16)8-12/h2-8H,9H2,1H3,(H2,18,20). The minimum atomic E-state index is -0.238. The van der Waals surface area contributed by atoms with Crippen molar-refractivity contribution in [3.8, 4) is 0 Å². The van der Waals surface area contributed by atoms with Gasteiger partial charge in [-0.05, 0) is 35.9 Å². The summed E-state index contributed by atoms with van der Waals surface area (Å²) in [6, 6.07) is 12.0. The number of nitrogens with two attached hydrogens (primary N) is 1. The van der Waals surface area contributed by atoms with E-state index in [4.69, 9.17) is 29.6 Å². The van der Waals surface area contributed by atoms with Gasteiger partial charge in [-0.25, -0.2) is 4.39 Å². The van der Waals surface area contributed by atoms with Crippen LogP contribution < -0.4 is 10.6 Å². The van der Waals surface area contributed by atoms with Gasteiger partial charge in [0.1, 0.15) is 10.8 Å². The molecule has 0 aliphatic rings. The van der Waals surface area contributed by atoms with Gasteiger partial charge in [-0.3, -0.25) is 0 Å². The molecule has 0 bridgehead atoms. The third-order valence-electron chi connectivity index (χ3n) is 2.97. The number of hydrogen-bond donors (Lipinski definition) is 1. The number of halogens is 2. The van der Waals surface area contributed by atoms with E-state index in [1.165, 1.54) is 12.1 Å². The van der Waals surface area contributed by atoms with Crippen LogP contribution in [0.1, 0.15) is 11.1 Å². The summed E-state index contributed by atoms with van der Waals surface area (Å²) in [5, 5.41) is 0.515. The lowest BCUT2D eigenvalue weighted by atomic mass is 10.1. The smallest absolute Gasteiger partial charge is 0.123 e. The fourth-order valence-corrected chi connectivity index (χ4v) is 2.45. The van der Waals surface area contributed by atoms with Crippen LogP contribution in [-0.2, 0) is 6.54 Å². The molecule has 2 rings (SSSR count). The van der Waals surface area contributed by atoms with E-state index in [-0.39, 0.29) is 10.8 Å². The first-order valence-corrected chi connectivity index (χ1v) is 6.81. The van der Waals surface area contributed by atoms with Crippen molar-refractivity contribution in [3.05, 3.63) is 64.4 Å². The minimum absolute atomic E-state index is 0.238. The third-order valence-corrected chi connectivity index (χ3v) is 3.50. The average molecular weight is 309 g/mol. The molecular weight excluding hydrogens is 295 g/mol. The molecular formula is C15H14ClFN2S. The lowest BCUT2D eigenvalue weighted by Crippen LogP contribution is -2.17. The molecule has 104 valence electrons. The Kier molecular flexibility index (Phi) is 4.57. The summed E-state index contributed by atoms with van der Waals surface area (Å²) in [6.07, 6.45) is 0. The number of rotatable bonds is 4. The molecule has 2 nitrogen and oxygen atoms in total. The van der Waals surface area contributed by atoms with Crippen molar-refractivity contribution in [1.82, 2.24) is 0 Å². The predicted octanol–water partition coefficient (Wildman–Crippen LogP) is 3.75. The maximum absolute atomic E-state index is 13.2. The van der Waals surface area contributed by atoms with E-state index in [9.17, 15) is 4.39 Å². The minimum Gasteiger partial charge on any atom is -0.389 e. The van der Waals surface area contributed by atoms with Crippen LogP contribution in [0.3, 0.4) is 0 Å². The van der Waals surface area contributed by atoms with Crippen molar-refractivity contribution in [3.63, 3.8) is 0 Å². The van der Waals surface area contributed by atoms with E-state index >= 15 is 0 Å². The first-order chi connectivity index (χ1) is 9.47. The van der Waals surface area contributed by atoms with E-state index in [0.29, 0.717) is 17.1 Å². The van der Waals surface area contributed by atoms with E-state index in [0.717, 1.165) is 11.3 Å². The lowest BCUT2D eigenvalue weighted by Gasteiger charge is -2.20. The molecule has 0 unspecified atom stereocenters. The molecule has 2 aromatic rings. The van der Waals surface area contributed by atoms with E-state index in [2.05, 4.69) is 0 Å². The number of hydrogen-bond acceptors (Lipinski definition) is 2. The molecule has 0 spiro atoms. The Balaban J connectivity index is 2.19. The molecule has 0 saturated heterocycles. The number of benzene rings is 2. The van der Waals surface area contributed by atoms with Crippen molar-refractivity contribution < 1.29 is 4.39 Å². The SMILES string of the molecule is CN(Cc1cccc(F)c1)c1ccc(C(N)=S)c(Cl)c1. The van der Waals surface area contributed by atoms with Crippen molar-refractivity contribution in [2.24, 2.45) is 5.73 Å². The highest BCUT2D eigenvalue weighted by Gasteiger charge is 2.08. The van der Waals surface area contributed by atoms with Crippen LogP contribution in [0.4, 0.5) is 10.1 Å². The molecule has 0 fully saturated rings. The molecule has 0 saturated carbocycles. The zero-order valence-electron chi connectivity index (χ0n) is 10.9. The highest BCUT2D eigenvalue weighted by molar-refractivity contribution is 7.80. The van der Waals surface area contributed by atoms with Gasteiger partial charge in [-0.15, -0.1) is 0 Å². The number of anilines is 1. The topological polar surface area (TPSA) is 29.3 Å². The summed E-state index contributed by atoms with van der Waals surface area (Å²) < 4.78 is 13.2. The van der Waals surface area contributed by atoms with E-state index < -0.39 is 0 Å². The third kappa shape index (κ3) is 3.46. The summed E-state index contributed by atoms with van der Waals surface area (Å²) in [6.45, 7) is 0.584. The molecule has 0 heterocycles. The quantitative estimate of drug-likeness (QED) is 0.872. The van der Waals surface area contributed by atoms with Gasteiger partial charge >= 0.3 is 0 Å². The molecule has 2 N–H and O–H groups in total. The first kappa shape index (κ1) is 14.8. The van der Waals surface area contributed by atoms with Crippen LogP contribution in [0.15, 0.2) is 42.5 Å². The van der Waals surface area contributed by atoms with E-state index in [1.807, 2.05) is 24.1 Å². The van der Waals surface area contributed by atoms with Crippen LogP contribution in [0, 0.1) is 5.82 Å². The largest absolute Gasteiger partial charge is 0.389 e. The lowest BCUT2D eigenvalue weighted by molar-refractivity contribution is 0.625. The Bertz CT molecular complexity index is 646. The second kappa shape index (κ2) is 6.20. The van der Waals surface area contributed by atoms with Crippen molar-refractivity contribution in [2.75, 3.05) is 11.9 Å². The van der Waals surface area contributed by atoms with Gasteiger partial charge in [-0.2, -0.15) is 0 Å². The molecule has 20 heavy (non-hydrogen) atoms. The van der Waals surface area contributed by atoms with Crippen LogP contribution in [-0.4, -0.2) is 12.0 Å². The fraction of sp³-hybridized carbons (Fsp3) is 0.133. The molecule has 0 aromatic heterocycles. The van der Waals surface area contributed by atoms with Gasteiger partial charge < -0.3 is 10.6 Å². The van der Waals surface area contributed by atoms with Gasteiger partial charge in [0.05, 0.1) is 5.02 Å². The zero-order valence-corrected chi connectivity index (χ0v) is 12.5. The molecule has 2 aromatic carbocycles. The van der Waals surface area contributed by atoms with Gasteiger partial charge in [-0.1, -0.05) is 36.0 Å². The number of thiocarbonyl (C=S) groups is 1. The summed E-state index contributed by atoms with van der Waals surface area (Å²) in [5.41, 5.74) is 8.04. The second-order valence-electron chi connectivity index (χ2n) is 4.51. The van der Waals surface area contributed by atoms with Gasteiger partial charge in [0, 0.05) is 24.8 Å². The van der Waals surface area contributed by atoms with Crippen molar-refractivity contribution in [2.45, 2.75) is 6.54 Å². The summed E-state index contributed by atoms with van der Waals surface area (Å²) in [4.78, 5) is 2.25. The number of nitrogens with zero attached hydrogens (tertiary/aromatic N) is 1. The Morgan fingerprint density at radius 1 is 1.30 bits per heavy atom. The van der Waals surface area contributed by atoms with Crippen molar-refractivity contribution >= 4 is 34.5 Å². The summed E-state index contributed by atoms with van der Waals surface area (Å²) >= 11 is 11.1. The normalized spacial score (nSPS) is 10.3. The molecule has 0 amide bonds. The molecule has 0 radical (unpaired) electrons. The molecule has 0 atom stereocenters. The maximum atomic E-state index is 13.2. The summed E-state index contributed by atoms with van der Waals surface area (Å²) in [5.74, 6) is -0.238. The highest BCUT2D eigenvalue weighted by Crippen LogP contribution is 2.24. The Morgan fingerprint density at radius 3 is 2.65 bits per heavy atom. The fourth-order valence-electron chi connectivity index (χ4n) is 1.94. The van der Waals surface area contributed by atoms with Crippen LogP contribution in [0.2, 0.25) is 5.02 Å². The maximum Gasteiger partial charge on any atom is 0.123 e. The van der Waals surface area contributed by atoms with E-state index in [1.54, 1.807) is 18.2 Å². The predicted molar refractivity (Wildman–Crippen MR) is 85.8 cm³/mol. The Labute approximate surface area is 128 Å².